The molecule has 0 aromatic heterocycles. The van der Waals surface area contributed by atoms with Gasteiger partial charge in [0.25, 0.3) is 0 Å². The van der Waals surface area contributed by atoms with Gasteiger partial charge in [-0.3, -0.25) is 0 Å². The largest absolute Gasteiger partial charge is 0.508 e. The summed E-state index contributed by atoms with van der Waals surface area (Å²) in [7, 11) is 0. The van der Waals surface area contributed by atoms with E-state index >= 15 is 0 Å². The molecule has 2 aromatic rings. The molecule has 0 unspecified atom stereocenters. The van der Waals surface area contributed by atoms with Crippen LogP contribution in [0.15, 0.2) is 42.5 Å². The third-order valence-corrected chi connectivity index (χ3v) is 5.73. The van der Waals surface area contributed by atoms with Gasteiger partial charge in [-0.1, -0.05) is 37.8 Å². The monoisotopic (exact) mass is 426 g/mol. The van der Waals surface area contributed by atoms with Gasteiger partial charge in [0.15, 0.2) is 11.5 Å². The Morgan fingerprint density at radius 3 is 2.06 bits per heavy atom. The summed E-state index contributed by atoms with van der Waals surface area (Å²) in [6.07, 6.45) is 14.9. The molecule has 2 aliphatic rings. The minimum Gasteiger partial charge on any atom is -0.508 e. The van der Waals surface area contributed by atoms with Crippen LogP contribution in [-0.4, -0.2) is 20.4 Å². The number of rotatable bonds is 0. The van der Waals surface area contributed by atoms with Crippen LogP contribution in [0.5, 0.6) is 28.7 Å². The number of aliphatic hydroxyl groups is 1. The summed E-state index contributed by atoms with van der Waals surface area (Å²) in [6, 6.07) is 7.84. The predicted molar refractivity (Wildman–Crippen MR) is 122 cm³/mol. The first-order valence-electron chi connectivity index (χ1n) is 11.4. The maximum absolute atomic E-state index is 10.5. The molecule has 0 radical (unpaired) electrons. The third-order valence-electron chi connectivity index (χ3n) is 5.73. The van der Waals surface area contributed by atoms with E-state index in [1.54, 1.807) is 6.07 Å². The van der Waals surface area contributed by atoms with Gasteiger partial charge < -0.3 is 25.2 Å². The second kappa shape index (κ2) is 11.7. The van der Waals surface area contributed by atoms with Crippen LogP contribution < -0.4 is 4.74 Å². The van der Waals surface area contributed by atoms with Crippen molar-refractivity contribution >= 4 is 0 Å². The molecule has 2 aromatic carbocycles. The van der Waals surface area contributed by atoms with Gasteiger partial charge >= 0.3 is 0 Å². The van der Waals surface area contributed by atoms with Crippen molar-refractivity contribution in [3.8, 4) is 28.7 Å². The lowest BCUT2D eigenvalue weighted by molar-refractivity contribution is 0.162. The molecule has 0 fully saturated rings. The SMILES string of the molecule is Oc1cc2cc(c1)Oc1c(O)cc(cc1O)[C@H](O)CCCCCC/C=C\CCCCC2. The zero-order chi connectivity index (χ0) is 22.1. The molecule has 4 bridgehead atoms. The summed E-state index contributed by atoms with van der Waals surface area (Å²) >= 11 is 0. The van der Waals surface area contributed by atoms with E-state index in [0.717, 1.165) is 69.8 Å². The Bertz CT molecular complexity index is 851. The van der Waals surface area contributed by atoms with Crippen LogP contribution in [0, 0.1) is 0 Å². The van der Waals surface area contributed by atoms with Crippen molar-refractivity contribution in [2.75, 3.05) is 0 Å². The van der Waals surface area contributed by atoms with Gasteiger partial charge in [0.2, 0.25) is 5.75 Å². The molecule has 0 aliphatic carbocycles. The Labute approximate surface area is 184 Å². The maximum Gasteiger partial charge on any atom is 0.210 e. The fourth-order valence-electron chi connectivity index (χ4n) is 4.01. The van der Waals surface area contributed by atoms with E-state index in [2.05, 4.69) is 12.2 Å². The van der Waals surface area contributed by atoms with Crippen molar-refractivity contribution in [3.05, 3.63) is 53.6 Å². The summed E-state index contributed by atoms with van der Waals surface area (Å²) in [5.74, 6) is -0.142. The molecule has 5 heteroatoms. The standard InChI is InChI=1S/C26H34O5/c27-21-14-19-12-10-8-6-4-2-1-3-5-7-9-11-13-23(28)20-16-24(29)26(25(30)17-20)31-22(15-19)18-21/h1-2,14-18,23,27-30H,3-13H2/b2-1-/t23-/m1/s1. The summed E-state index contributed by atoms with van der Waals surface area (Å²) in [5, 5.41) is 41.3. The second-order valence-corrected chi connectivity index (χ2v) is 8.40. The molecule has 0 saturated heterocycles. The fraction of sp³-hybridized carbons (Fsp3) is 0.462. The molecule has 2 aliphatic heterocycles. The molecule has 168 valence electrons. The molecule has 0 spiro atoms. The average molecular weight is 427 g/mol. The summed E-state index contributed by atoms with van der Waals surface area (Å²) in [4.78, 5) is 0. The molecule has 4 N–H and O–H groups in total. The lowest BCUT2D eigenvalue weighted by atomic mass is 10.0. The maximum atomic E-state index is 10.5. The topological polar surface area (TPSA) is 90.2 Å². The molecule has 4 rings (SSSR count). The first-order valence-corrected chi connectivity index (χ1v) is 11.4. The Balaban J connectivity index is 1.79. The molecular weight excluding hydrogens is 392 g/mol. The lowest BCUT2D eigenvalue weighted by Gasteiger charge is -2.16. The highest BCUT2D eigenvalue weighted by Gasteiger charge is 2.17. The Kier molecular flexibility index (Phi) is 8.65. The van der Waals surface area contributed by atoms with Crippen LogP contribution in [0.25, 0.3) is 0 Å². The third kappa shape index (κ3) is 7.21. The van der Waals surface area contributed by atoms with Crippen LogP contribution in [0.4, 0.5) is 0 Å². The van der Waals surface area contributed by atoms with Crippen LogP contribution in [0.2, 0.25) is 0 Å². The lowest BCUT2D eigenvalue weighted by Crippen LogP contribution is -1.98. The fourth-order valence-corrected chi connectivity index (χ4v) is 4.01. The van der Waals surface area contributed by atoms with Crippen LogP contribution >= 0.6 is 0 Å². The summed E-state index contributed by atoms with van der Waals surface area (Å²) < 4.78 is 5.71. The van der Waals surface area contributed by atoms with E-state index in [0.29, 0.717) is 17.7 Å². The van der Waals surface area contributed by atoms with E-state index in [9.17, 15) is 20.4 Å². The summed E-state index contributed by atoms with van der Waals surface area (Å²) in [6.45, 7) is 0. The zero-order valence-corrected chi connectivity index (χ0v) is 18.1. The van der Waals surface area contributed by atoms with E-state index in [4.69, 9.17) is 4.74 Å². The van der Waals surface area contributed by atoms with Crippen molar-refractivity contribution in [2.45, 2.75) is 76.7 Å². The smallest absolute Gasteiger partial charge is 0.210 e. The highest BCUT2D eigenvalue weighted by Crippen LogP contribution is 2.42. The Morgan fingerprint density at radius 1 is 0.710 bits per heavy atom. The Morgan fingerprint density at radius 2 is 1.35 bits per heavy atom. The molecule has 2 heterocycles. The van der Waals surface area contributed by atoms with Crippen LogP contribution in [-0.2, 0) is 6.42 Å². The van der Waals surface area contributed by atoms with Gasteiger partial charge in [0.1, 0.15) is 11.5 Å². The van der Waals surface area contributed by atoms with Gasteiger partial charge in [-0.25, -0.2) is 0 Å². The van der Waals surface area contributed by atoms with Gasteiger partial charge in [-0.05, 0) is 80.3 Å². The predicted octanol–water partition coefficient (Wildman–Crippen LogP) is 6.64. The number of phenolic OH excluding ortho intramolecular Hbond substituents is 3. The van der Waals surface area contributed by atoms with Crippen molar-refractivity contribution in [1.29, 1.82) is 0 Å². The van der Waals surface area contributed by atoms with Gasteiger partial charge in [-0.2, -0.15) is 0 Å². The number of allylic oxidation sites excluding steroid dienone is 2. The molecule has 1 atom stereocenters. The first kappa shape index (κ1) is 23.0. The second-order valence-electron chi connectivity index (χ2n) is 8.40. The van der Waals surface area contributed by atoms with E-state index < -0.39 is 6.10 Å². The highest BCUT2D eigenvalue weighted by atomic mass is 16.5. The molecule has 31 heavy (non-hydrogen) atoms. The van der Waals surface area contributed by atoms with Gasteiger partial charge in [-0.15, -0.1) is 0 Å². The van der Waals surface area contributed by atoms with Gasteiger partial charge in [0.05, 0.1) is 6.10 Å². The number of hydrogen-bond donors (Lipinski definition) is 4. The molecule has 0 amide bonds. The van der Waals surface area contributed by atoms with E-state index in [1.807, 2.05) is 6.07 Å². The molecule has 5 nitrogen and oxygen atoms in total. The van der Waals surface area contributed by atoms with Gasteiger partial charge in [0, 0.05) is 6.07 Å². The van der Waals surface area contributed by atoms with E-state index in [1.165, 1.54) is 18.2 Å². The number of benzene rings is 2. The molecule has 0 saturated carbocycles. The molecular formula is C26H34O5. The average Bonchev–Trinajstić information content (AvgIpc) is 2.72. The van der Waals surface area contributed by atoms with Crippen molar-refractivity contribution in [2.24, 2.45) is 0 Å². The summed E-state index contributed by atoms with van der Waals surface area (Å²) in [5.41, 5.74) is 1.41. The minimum atomic E-state index is -0.754. The van der Waals surface area contributed by atoms with Crippen molar-refractivity contribution in [1.82, 2.24) is 0 Å². The first-order chi connectivity index (χ1) is 15.0. The zero-order valence-electron chi connectivity index (χ0n) is 18.1. The quantitative estimate of drug-likeness (QED) is 0.354. The van der Waals surface area contributed by atoms with Crippen LogP contribution in [0.3, 0.4) is 0 Å². The van der Waals surface area contributed by atoms with Crippen molar-refractivity contribution in [3.63, 3.8) is 0 Å². The van der Waals surface area contributed by atoms with Crippen molar-refractivity contribution < 1.29 is 25.2 Å². The number of fused-ring (bicyclic) bond motifs is 14. The highest BCUT2D eigenvalue weighted by molar-refractivity contribution is 5.55. The number of hydrogen-bond acceptors (Lipinski definition) is 5. The number of ether oxygens (including phenoxy) is 1. The number of aryl methyl sites for hydroxylation is 1. The number of aliphatic hydroxyl groups excluding tert-OH is 1. The van der Waals surface area contributed by atoms with E-state index in [-0.39, 0.29) is 23.0 Å². The Hall–Kier alpha value is -2.66. The minimum absolute atomic E-state index is 0.0795. The number of aromatic hydroxyl groups is 3. The normalized spacial score (nSPS) is 20.2. The van der Waals surface area contributed by atoms with Crippen LogP contribution in [0.1, 0.15) is 81.4 Å². The number of phenols is 3.